The summed E-state index contributed by atoms with van der Waals surface area (Å²) < 4.78 is 18.9. The van der Waals surface area contributed by atoms with Crippen LogP contribution in [-0.4, -0.2) is 11.0 Å². The van der Waals surface area contributed by atoms with Crippen LogP contribution in [0.1, 0.15) is 26.6 Å². The summed E-state index contributed by atoms with van der Waals surface area (Å²) in [6, 6.07) is 9.20. The summed E-state index contributed by atoms with van der Waals surface area (Å²) in [7, 11) is 0. The zero-order valence-corrected chi connectivity index (χ0v) is 18.5. The summed E-state index contributed by atoms with van der Waals surface area (Å²) in [5.41, 5.74) is 1.95. The van der Waals surface area contributed by atoms with Gasteiger partial charge in [0, 0.05) is 28.0 Å². The maximum Gasteiger partial charge on any atom is 1.00 e. The van der Waals surface area contributed by atoms with E-state index < -0.39 is 11.8 Å². The summed E-state index contributed by atoms with van der Waals surface area (Å²) in [5.74, 6) is -1.18. The molecule has 0 saturated heterocycles. The van der Waals surface area contributed by atoms with Gasteiger partial charge in [0.15, 0.2) is 0 Å². The molecule has 1 aromatic heterocycles. The number of carboxylic acids is 1. The smallest absolute Gasteiger partial charge is 0.542 e. The van der Waals surface area contributed by atoms with Gasteiger partial charge in [0.2, 0.25) is 0 Å². The number of benzene rings is 2. The van der Waals surface area contributed by atoms with E-state index in [-0.39, 0.29) is 46.2 Å². The van der Waals surface area contributed by atoms with E-state index in [4.69, 9.17) is 27.9 Å². The number of rotatable bonds is 6. The monoisotopic (exact) mass is 433 g/mol. The second kappa shape index (κ2) is 9.87. The Morgan fingerprint density at radius 3 is 2.63 bits per heavy atom. The van der Waals surface area contributed by atoms with Gasteiger partial charge in [0.05, 0.1) is 10.7 Å². The predicted octanol–water partition coefficient (Wildman–Crippen LogP) is 1.13. The average Bonchev–Trinajstić information content (AvgIpc) is 3.04. The molecule has 0 amide bonds. The molecule has 3 rings (SSSR count). The molecule has 0 unspecified atom stereocenters. The van der Waals surface area contributed by atoms with E-state index in [1.165, 1.54) is 12.1 Å². The van der Waals surface area contributed by atoms with Gasteiger partial charge >= 0.3 is 29.6 Å². The largest absolute Gasteiger partial charge is 1.00 e. The molecule has 0 aliphatic carbocycles. The van der Waals surface area contributed by atoms with Gasteiger partial charge in [-0.15, -0.1) is 11.3 Å². The number of carboxylic acid groups (broad SMARTS) is 1. The fourth-order valence-corrected chi connectivity index (χ4v) is 3.36. The van der Waals surface area contributed by atoms with Crippen LogP contribution in [0, 0.1) is 5.82 Å². The van der Waals surface area contributed by atoms with E-state index >= 15 is 0 Å². The number of thiazole rings is 1. The first-order valence-corrected chi connectivity index (χ1v) is 9.07. The molecule has 0 spiro atoms. The molecule has 27 heavy (non-hydrogen) atoms. The van der Waals surface area contributed by atoms with Gasteiger partial charge < -0.3 is 14.6 Å². The van der Waals surface area contributed by atoms with E-state index in [2.05, 4.69) is 4.98 Å². The van der Waals surface area contributed by atoms with E-state index in [1.54, 1.807) is 29.6 Å². The molecule has 0 atom stereocenters. The standard InChI is InChI=1S/C18H12Cl2FNO3S.Na/c19-12-2-4-16(25-8-10-1-3-13(21)7-15(10)20)11(5-12)6-14-9-26-17(22-14)18(23)24;/h1-5,7,9H,6,8H2,(H,23,24);/q;+1/p-1. The van der Waals surface area contributed by atoms with Gasteiger partial charge in [0.25, 0.3) is 0 Å². The quantitative estimate of drug-likeness (QED) is 0.546. The van der Waals surface area contributed by atoms with Gasteiger partial charge in [-0.05, 0) is 30.3 Å². The summed E-state index contributed by atoms with van der Waals surface area (Å²) in [4.78, 5) is 14.9. The molecule has 2 aromatic carbocycles. The van der Waals surface area contributed by atoms with Crippen molar-refractivity contribution >= 4 is 40.5 Å². The van der Waals surface area contributed by atoms with Gasteiger partial charge in [0.1, 0.15) is 29.2 Å². The van der Waals surface area contributed by atoms with E-state index in [0.29, 0.717) is 28.5 Å². The third-order valence-electron chi connectivity index (χ3n) is 3.52. The number of hydrogen-bond donors (Lipinski definition) is 0. The molecule has 9 heteroatoms. The normalized spacial score (nSPS) is 10.3. The molecular weight excluding hydrogens is 423 g/mol. The van der Waals surface area contributed by atoms with Crippen molar-refractivity contribution in [1.82, 2.24) is 4.98 Å². The molecule has 0 aliphatic rings. The molecule has 4 nitrogen and oxygen atoms in total. The van der Waals surface area contributed by atoms with Crippen molar-refractivity contribution in [3.8, 4) is 5.75 Å². The Morgan fingerprint density at radius 1 is 1.19 bits per heavy atom. The molecule has 0 saturated carbocycles. The van der Waals surface area contributed by atoms with Gasteiger partial charge in [-0.25, -0.2) is 9.37 Å². The number of ether oxygens (including phenoxy) is 1. The number of carbonyl (C=O) groups is 1. The van der Waals surface area contributed by atoms with Crippen LogP contribution in [0.25, 0.3) is 0 Å². The molecule has 3 aromatic rings. The molecular formula is C18H11Cl2FNNaO3S. The summed E-state index contributed by atoms with van der Waals surface area (Å²) in [6.45, 7) is 0.148. The van der Waals surface area contributed by atoms with Crippen LogP contribution in [0.3, 0.4) is 0 Å². The summed E-state index contributed by atoms with van der Waals surface area (Å²) >= 11 is 13.1. The van der Waals surface area contributed by atoms with Crippen LogP contribution < -0.4 is 39.4 Å². The number of hydrogen-bond acceptors (Lipinski definition) is 5. The molecule has 0 radical (unpaired) electrons. The van der Waals surface area contributed by atoms with Gasteiger partial charge in [-0.1, -0.05) is 29.3 Å². The van der Waals surface area contributed by atoms with Crippen LogP contribution in [0.2, 0.25) is 10.0 Å². The van der Waals surface area contributed by atoms with Crippen molar-refractivity contribution in [2.75, 3.05) is 0 Å². The Hall–Kier alpha value is -1.15. The zero-order valence-electron chi connectivity index (χ0n) is 14.2. The second-order valence-corrected chi connectivity index (χ2v) is 7.09. The van der Waals surface area contributed by atoms with Crippen molar-refractivity contribution in [2.24, 2.45) is 0 Å². The Bertz CT molecular complexity index is 968. The van der Waals surface area contributed by atoms with Crippen molar-refractivity contribution in [2.45, 2.75) is 13.0 Å². The first kappa shape index (κ1) is 22.1. The first-order valence-electron chi connectivity index (χ1n) is 7.43. The fourth-order valence-electron chi connectivity index (χ4n) is 2.30. The van der Waals surface area contributed by atoms with Gasteiger partial charge in [-0.3, -0.25) is 0 Å². The van der Waals surface area contributed by atoms with Crippen molar-refractivity contribution in [3.63, 3.8) is 0 Å². The zero-order chi connectivity index (χ0) is 18.7. The second-order valence-electron chi connectivity index (χ2n) is 5.38. The number of halogens is 3. The first-order chi connectivity index (χ1) is 12.4. The summed E-state index contributed by atoms with van der Waals surface area (Å²) in [5, 5.41) is 13.2. The molecule has 0 aliphatic heterocycles. The maximum absolute atomic E-state index is 13.1. The van der Waals surface area contributed by atoms with E-state index in [9.17, 15) is 14.3 Å². The van der Waals surface area contributed by atoms with Crippen LogP contribution >= 0.6 is 34.5 Å². The van der Waals surface area contributed by atoms with Crippen LogP contribution in [0.15, 0.2) is 41.8 Å². The Labute approximate surface area is 191 Å². The van der Waals surface area contributed by atoms with Crippen LogP contribution in [-0.2, 0) is 13.0 Å². The average molecular weight is 434 g/mol. The number of carbonyl (C=O) groups excluding carboxylic acids is 1. The van der Waals surface area contributed by atoms with Gasteiger partial charge in [-0.2, -0.15) is 0 Å². The Kier molecular flexibility index (Phi) is 8.09. The third kappa shape index (κ3) is 5.91. The van der Waals surface area contributed by atoms with E-state index in [1.807, 2.05) is 0 Å². The van der Waals surface area contributed by atoms with E-state index in [0.717, 1.165) is 16.9 Å². The maximum atomic E-state index is 13.1. The van der Waals surface area contributed by atoms with Crippen LogP contribution in [0.5, 0.6) is 5.75 Å². The number of aromatic nitrogens is 1. The Morgan fingerprint density at radius 2 is 1.96 bits per heavy atom. The number of nitrogens with zero attached hydrogens (tertiary/aromatic N) is 1. The van der Waals surface area contributed by atoms with Crippen molar-refractivity contribution < 1.29 is 48.6 Å². The molecule has 0 bridgehead atoms. The van der Waals surface area contributed by atoms with Crippen molar-refractivity contribution in [3.05, 3.63) is 79.5 Å². The Balaban J connectivity index is 0.00000261. The topological polar surface area (TPSA) is 62.2 Å². The minimum Gasteiger partial charge on any atom is -0.542 e. The third-order valence-corrected chi connectivity index (χ3v) is 4.98. The molecule has 0 fully saturated rings. The fraction of sp³-hybridized carbons (Fsp3) is 0.111. The predicted molar refractivity (Wildman–Crippen MR) is 96.4 cm³/mol. The molecule has 0 N–H and O–H groups in total. The molecule has 134 valence electrons. The van der Waals surface area contributed by atoms with Crippen LogP contribution in [0.4, 0.5) is 4.39 Å². The summed E-state index contributed by atoms with van der Waals surface area (Å²) in [6.07, 6.45) is 0.344. The minimum atomic E-state index is -1.31. The molecule has 1 heterocycles. The minimum absolute atomic E-state index is 0. The van der Waals surface area contributed by atoms with Crippen molar-refractivity contribution in [1.29, 1.82) is 0 Å². The SMILES string of the molecule is O=C([O-])c1nc(Cc2cc(Cl)ccc2OCc2ccc(F)cc2Cl)cs1.[Na+]. The number of aromatic carboxylic acids is 1.